The van der Waals surface area contributed by atoms with Gasteiger partial charge in [0.25, 0.3) is 0 Å². The van der Waals surface area contributed by atoms with Crippen LogP contribution in [0.25, 0.3) is 0 Å². The van der Waals surface area contributed by atoms with Gasteiger partial charge in [-0.15, -0.1) is 0 Å². The summed E-state index contributed by atoms with van der Waals surface area (Å²) in [5.74, 6) is 0.545. The Hall–Kier alpha value is -4.08. The molecule has 5 heterocycles. The van der Waals surface area contributed by atoms with Gasteiger partial charge in [0.2, 0.25) is 5.91 Å². The molecule has 2 fully saturated rings. The molecule has 12 heteroatoms. The minimum absolute atomic E-state index is 0.00593. The second-order valence-corrected chi connectivity index (χ2v) is 10.1. The van der Waals surface area contributed by atoms with Gasteiger partial charge in [-0.2, -0.15) is 5.26 Å². The Bertz CT molecular complexity index is 1300. The van der Waals surface area contributed by atoms with Crippen LogP contribution in [0.5, 0.6) is 0 Å². The number of urea groups is 1. The Kier molecular flexibility index (Phi) is 6.96. The van der Waals surface area contributed by atoms with Crippen LogP contribution < -0.4 is 20.9 Å². The Morgan fingerprint density at radius 3 is 2.84 bits per heavy atom. The largest absolute Gasteiger partial charge is 0.383 e. The fourth-order valence-corrected chi connectivity index (χ4v) is 5.54. The number of rotatable bonds is 8. The number of pyridine rings is 2. The van der Waals surface area contributed by atoms with Crippen LogP contribution in [0.2, 0.25) is 0 Å². The predicted molar refractivity (Wildman–Crippen MR) is 139 cm³/mol. The van der Waals surface area contributed by atoms with Gasteiger partial charge in [-0.3, -0.25) is 19.8 Å². The van der Waals surface area contributed by atoms with Crippen LogP contribution in [0.1, 0.15) is 40.9 Å². The number of amides is 3. The van der Waals surface area contributed by atoms with Crippen molar-refractivity contribution < 1.29 is 19.1 Å². The number of ether oxygens (including phenoxy) is 1. The lowest BCUT2D eigenvalue weighted by molar-refractivity contribution is -0.128. The number of aromatic nitrogens is 2. The molecule has 1 aliphatic carbocycles. The number of hydrogen-bond donors (Lipinski definition) is 3. The zero-order valence-corrected chi connectivity index (χ0v) is 21.4. The van der Waals surface area contributed by atoms with E-state index < -0.39 is 11.6 Å². The van der Waals surface area contributed by atoms with E-state index in [2.05, 4.69) is 36.9 Å². The van der Waals surface area contributed by atoms with E-state index in [1.165, 1.54) is 11.1 Å². The van der Waals surface area contributed by atoms with Gasteiger partial charge in [0.1, 0.15) is 23.4 Å². The van der Waals surface area contributed by atoms with E-state index >= 15 is 0 Å². The molecule has 3 aliphatic heterocycles. The summed E-state index contributed by atoms with van der Waals surface area (Å²) >= 11 is 0. The molecule has 1 saturated carbocycles. The Morgan fingerprint density at radius 1 is 1.34 bits per heavy atom. The van der Waals surface area contributed by atoms with Crippen molar-refractivity contribution in [2.45, 2.75) is 30.8 Å². The fourth-order valence-electron chi connectivity index (χ4n) is 5.54. The second kappa shape index (κ2) is 10.4. The molecule has 198 valence electrons. The number of likely N-dealkylation sites (tertiary alicyclic amines) is 1. The number of nitriles is 1. The van der Waals surface area contributed by atoms with Crippen molar-refractivity contribution in [2.24, 2.45) is 5.92 Å². The van der Waals surface area contributed by atoms with E-state index in [9.17, 15) is 19.6 Å². The average molecular weight is 519 g/mol. The highest BCUT2D eigenvalue weighted by molar-refractivity contribution is 6.03. The first kappa shape index (κ1) is 25.6. The maximum absolute atomic E-state index is 13.5. The van der Waals surface area contributed by atoms with Crippen LogP contribution >= 0.6 is 0 Å². The zero-order valence-electron chi connectivity index (χ0n) is 21.4. The number of nitrogens with one attached hydrogen (secondary N) is 3. The summed E-state index contributed by atoms with van der Waals surface area (Å²) in [5, 5.41) is 18.6. The molecule has 3 N–H and O–H groups in total. The van der Waals surface area contributed by atoms with Crippen molar-refractivity contribution in [1.29, 1.82) is 5.26 Å². The van der Waals surface area contributed by atoms with Crippen LogP contribution in [0.15, 0.2) is 24.4 Å². The third-order valence-electron chi connectivity index (χ3n) is 7.52. The van der Waals surface area contributed by atoms with Gasteiger partial charge in [-0.25, -0.2) is 14.8 Å². The highest BCUT2D eigenvalue weighted by Gasteiger charge is 2.57. The first-order valence-corrected chi connectivity index (χ1v) is 12.6. The maximum atomic E-state index is 13.5. The van der Waals surface area contributed by atoms with E-state index in [1.807, 2.05) is 7.05 Å². The summed E-state index contributed by atoms with van der Waals surface area (Å²) in [5.41, 5.74) is 1.16. The SMILES string of the molecule is COCCNc1cc(NC(=O)N2c3nc(C=O)ccc3C3(NC(=O)C4CCN(C)C4)CC2C3)ncc1C#N. The van der Waals surface area contributed by atoms with Gasteiger partial charge in [-0.1, -0.05) is 6.07 Å². The average Bonchev–Trinajstić information content (AvgIpc) is 3.34. The van der Waals surface area contributed by atoms with Gasteiger partial charge in [0.15, 0.2) is 6.29 Å². The number of aldehydes is 1. The van der Waals surface area contributed by atoms with E-state index in [0.717, 1.165) is 25.1 Å². The minimum Gasteiger partial charge on any atom is -0.383 e. The van der Waals surface area contributed by atoms with Gasteiger partial charge in [-0.05, 0) is 38.9 Å². The van der Waals surface area contributed by atoms with Crippen LogP contribution in [0.4, 0.5) is 22.1 Å². The summed E-state index contributed by atoms with van der Waals surface area (Å²) in [4.78, 5) is 50.5. The Labute approximate surface area is 220 Å². The van der Waals surface area contributed by atoms with Gasteiger partial charge in [0.05, 0.1) is 29.3 Å². The van der Waals surface area contributed by atoms with Gasteiger partial charge < -0.3 is 20.3 Å². The first-order valence-electron chi connectivity index (χ1n) is 12.6. The molecule has 0 spiro atoms. The number of hydrogen-bond acceptors (Lipinski definition) is 9. The number of carbonyl (C=O) groups excluding carboxylic acids is 3. The van der Waals surface area contributed by atoms with Crippen molar-refractivity contribution in [3.05, 3.63) is 41.2 Å². The lowest BCUT2D eigenvalue weighted by Crippen LogP contribution is -2.67. The molecular weight excluding hydrogens is 488 g/mol. The van der Waals surface area contributed by atoms with Crippen molar-refractivity contribution in [1.82, 2.24) is 20.2 Å². The van der Waals surface area contributed by atoms with E-state index in [0.29, 0.717) is 49.3 Å². The van der Waals surface area contributed by atoms with E-state index in [4.69, 9.17) is 4.74 Å². The van der Waals surface area contributed by atoms with E-state index in [1.54, 1.807) is 25.3 Å². The summed E-state index contributed by atoms with van der Waals surface area (Å²) < 4.78 is 5.05. The standard InChI is InChI=1S/C26H30N8O4/c1-33-7-5-16(14-33)24(36)32-26-10-19(11-26)34(23-20(26)4-3-18(15-35)30-23)25(37)31-22-9-21(28-6-8-38-2)17(12-27)13-29-22/h3-4,9,13,15-16,19H,5-8,10-11,14H2,1-2H3,(H,32,36)(H2,28,29,31,37). The smallest absolute Gasteiger partial charge is 0.328 e. The molecule has 1 saturated heterocycles. The highest BCUT2D eigenvalue weighted by Crippen LogP contribution is 2.53. The lowest BCUT2D eigenvalue weighted by Gasteiger charge is -2.57. The molecule has 2 bridgehead atoms. The molecule has 0 aromatic carbocycles. The molecule has 6 rings (SSSR count). The number of nitrogens with zero attached hydrogens (tertiary/aromatic N) is 5. The van der Waals surface area contributed by atoms with Gasteiger partial charge in [0, 0.05) is 44.1 Å². The van der Waals surface area contributed by atoms with Crippen molar-refractivity contribution >= 4 is 35.5 Å². The quantitative estimate of drug-likeness (QED) is 0.350. The van der Waals surface area contributed by atoms with Gasteiger partial charge >= 0.3 is 6.03 Å². The molecule has 12 nitrogen and oxygen atoms in total. The van der Waals surface area contributed by atoms with E-state index in [-0.39, 0.29) is 29.4 Å². The molecule has 1 atom stereocenters. The monoisotopic (exact) mass is 518 g/mol. The number of carbonyl (C=O) groups is 3. The van der Waals surface area contributed by atoms with Crippen molar-refractivity contribution in [2.75, 3.05) is 55.9 Å². The topological polar surface area (TPSA) is 153 Å². The molecule has 2 aromatic rings. The number of anilines is 3. The lowest BCUT2D eigenvalue weighted by atomic mass is 9.64. The van der Waals surface area contributed by atoms with Crippen LogP contribution in [-0.2, 0) is 15.1 Å². The number of methoxy groups -OCH3 is 1. The van der Waals surface area contributed by atoms with Crippen LogP contribution in [0, 0.1) is 17.2 Å². The van der Waals surface area contributed by atoms with Crippen molar-refractivity contribution in [3.8, 4) is 6.07 Å². The molecule has 38 heavy (non-hydrogen) atoms. The molecule has 1 unspecified atom stereocenters. The van der Waals surface area contributed by atoms with Crippen molar-refractivity contribution in [3.63, 3.8) is 0 Å². The third-order valence-corrected chi connectivity index (χ3v) is 7.52. The summed E-state index contributed by atoms with van der Waals surface area (Å²) in [7, 11) is 3.59. The summed E-state index contributed by atoms with van der Waals surface area (Å²) in [6.45, 7) is 2.53. The zero-order chi connectivity index (χ0) is 26.9. The fraction of sp³-hybridized carbons (Fsp3) is 0.462. The molecule has 3 amide bonds. The van der Waals surface area contributed by atoms with Crippen LogP contribution in [0.3, 0.4) is 0 Å². The summed E-state index contributed by atoms with van der Waals surface area (Å²) in [6.07, 6.45) is 3.94. The van der Waals surface area contributed by atoms with Crippen LogP contribution in [-0.4, -0.2) is 79.5 Å². The second-order valence-electron chi connectivity index (χ2n) is 10.1. The Morgan fingerprint density at radius 2 is 2.16 bits per heavy atom. The molecular formula is C26H30N8O4. The minimum atomic E-state index is -0.616. The Balaban J connectivity index is 1.39. The maximum Gasteiger partial charge on any atom is 0.328 e. The third kappa shape index (κ3) is 4.66. The predicted octanol–water partition coefficient (Wildman–Crippen LogP) is 1.70. The molecule has 0 radical (unpaired) electrons. The first-order chi connectivity index (χ1) is 18.4. The highest BCUT2D eigenvalue weighted by atomic mass is 16.5. The summed E-state index contributed by atoms with van der Waals surface area (Å²) in [6, 6.07) is 6.40. The molecule has 4 aliphatic rings. The molecule has 2 aromatic heterocycles. The normalized spacial score (nSPS) is 23.6.